The van der Waals surface area contributed by atoms with Crippen molar-refractivity contribution in [1.29, 1.82) is 0 Å². The molecule has 0 aliphatic carbocycles. The zero-order valence-corrected chi connectivity index (χ0v) is 16.1. The number of fused-ring (bicyclic) bond motifs is 1. The van der Waals surface area contributed by atoms with E-state index in [4.69, 9.17) is 9.47 Å². The molecule has 3 aromatic rings. The molecule has 28 heavy (non-hydrogen) atoms. The van der Waals surface area contributed by atoms with E-state index in [0.717, 1.165) is 29.2 Å². The second kappa shape index (κ2) is 9.09. The van der Waals surface area contributed by atoms with Crippen LogP contribution < -0.4 is 9.47 Å². The molecule has 0 radical (unpaired) electrons. The van der Waals surface area contributed by atoms with E-state index in [1.807, 2.05) is 36.4 Å². The van der Waals surface area contributed by atoms with E-state index in [1.165, 1.54) is 0 Å². The van der Waals surface area contributed by atoms with Crippen LogP contribution in [0.5, 0.6) is 11.5 Å². The second-order valence-electron chi connectivity index (χ2n) is 6.49. The molecule has 3 aromatic carbocycles. The number of hydrogen-bond acceptors (Lipinski definition) is 3. The molecule has 0 bridgehead atoms. The summed E-state index contributed by atoms with van der Waals surface area (Å²) in [7, 11) is 1.58. The molecule has 144 valence electrons. The van der Waals surface area contributed by atoms with Crippen LogP contribution in [-0.2, 0) is 4.79 Å². The fourth-order valence-corrected chi connectivity index (χ4v) is 3.06. The van der Waals surface area contributed by atoms with Gasteiger partial charge in [0, 0.05) is 5.56 Å². The lowest BCUT2D eigenvalue weighted by Gasteiger charge is -2.13. The molecule has 0 aliphatic heterocycles. The normalized spacial score (nSPS) is 11.4. The maximum atomic E-state index is 12.0. The number of benzene rings is 3. The van der Waals surface area contributed by atoms with E-state index >= 15 is 0 Å². The Morgan fingerprint density at radius 2 is 1.79 bits per heavy atom. The quantitative estimate of drug-likeness (QED) is 0.313. The summed E-state index contributed by atoms with van der Waals surface area (Å²) in [5.74, 6) is 0.388. The van der Waals surface area contributed by atoms with Crippen molar-refractivity contribution in [2.45, 2.75) is 19.8 Å². The van der Waals surface area contributed by atoms with Crippen LogP contribution in [0, 0.1) is 0 Å². The summed E-state index contributed by atoms with van der Waals surface area (Å²) >= 11 is 0. The monoisotopic (exact) mass is 376 g/mol. The van der Waals surface area contributed by atoms with Gasteiger partial charge < -0.3 is 14.6 Å². The van der Waals surface area contributed by atoms with Crippen molar-refractivity contribution in [2.75, 3.05) is 13.7 Å². The number of unbranched alkanes of at least 4 members (excludes halogenated alkanes) is 1. The van der Waals surface area contributed by atoms with Crippen molar-refractivity contribution in [1.82, 2.24) is 0 Å². The van der Waals surface area contributed by atoms with Crippen LogP contribution >= 0.6 is 0 Å². The Balaban J connectivity index is 2.14. The van der Waals surface area contributed by atoms with Gasteiger partial charge in [0.15, 0.2) is 0 Å². The number of hydrogen-bond donors (Lipinski definition) is 1. The Morgan fingerprint density at radius 1 is 1.04 bits per heavy atom. The molecule has 0 amide bonds. The van der Waals surface area contributed by atoms with Gasteiger partial charge in [-0.3, -0.25) is 0 Å². The van der Waals surface area contributed by atoms with Crippen LogP contribution in [0.2, 0.25) is 0 Å². The molecule has 0 saturated heterocycles. The van der Waals surface area contributed by atoms with Crippen molar-refractivity contribution in [3.8, 4) is 11.5 Å². The standard InChI is InChI=1S/C24H24O4/c1-3-4-15-28-23-14-11-17-7-5-6-8-20(17)22(23)16-21(24(25)26)18-9-12-19(27-2)13-10-18/h5-14,16H,3-4,15H2,1-2H3,(H,25,26)/b21-16+. The molecule has 0 aromatic heterocycles. The molecule has 3 rings (SSSR count). The molecule has 0 spiro atoms. The first-order valence-corrected chi connectivity index (χ1v) is 9.38. The highest BCUT2D eigenvalue weighted by molar-refractivity contribution is 6.22. The molecule has 0 aliphatic rings. The minimum absolute atomic E-state index is 0.208. The topological polar surface area (TPSA) is 55.8 Å². The van der Waals surface area contributed by atoms with Gasteiger partial charge in [-0.1, -0.05) is 55.8 Å². The SMILES string of the molecule is CCCCOc1ccc2ccccc2c1/C=C(/C(=O)O)c1ccc(OC)cc1. The first kappa shape index (κ1) is 19.5. The average molecular weight is 376 g/mol. The van der Waals surface area contributed by atoms with Crippen LogP contribution in [0.25, 0.3) is 22.4 Å². The van der Waals surface area contributed by atoms with E-state index in [1.54, 1.807) is 37.5 Å². The molecule has 0 unspecified atom stereocenters. The summed E-state index contributed by atoms with van der Waals surface area (Å²) < 4.78 is 11.2. The molecule has 1 N–H and O–H groups in total. The Bertz CT molecular complexity index is 987. The van der Waals surface area contributed by atoms with Crippen molar-refractivity contribution >= 4 is 28.4 Å². The second-order valence-corrected chi connectivity index (χ2v) is 6.49. The number of aliphatic carboxylic acids is 1. The van der Waals surface area contributed by atoms with Gasteiger partial charge in [0.2, 0.25) is 0 Å². The zero-order chi connectivity index (χ0) is 19.9. The van der Waals surface area contributed by atoms with Crippen LogP contribution in [0.3, 0.4) is 0 Å². The minimum atomic E-state index is -0.988. The van der Waals surface area contributed by atoms with Crippen molar-refractivity contribution in [2.24, 2.45) is 0 Å². The Labute approximate surface area is 165 Å². The number of carboxylic acid groups (broad SMARTS) is 1. The first-order chi connectivity index (χ1) is 13.6. The highest BCUT2D eigenvalue weighted by Crippen LogP contribution is 2.32. The predicted octanol–water partition coefficient (Wildman–Crippen LogP) is 5.65. The summed E-state index contributed by atoms with van der Waals surface area (Å²) in [6, 6.07) is 18.8. The number of carboxylic acids is 1. The lowest BCUT2D eigenvalue weighted by Crippen LogP contribution is -2.02. The predicted molar refractivity (Wildman–Crippen MR) is 113 cm³/mol. The van der Waals surface area contributed by atoms with E-state index in [9.17, 15) is 9.90 Å². The maximum Gasteiger partial charge on any atom is 0.336 e. The van der Waals surface area contributed by atoms with Gasteiger partial charge in [-0.25, -0.2) is 4.79 Å². The van der Waals surface area contributed by atoms with Gasteiger partial charge in [-0.05, 0) is 47.0 Å². The first-order valence-electron chi connectivity index (χ1n) is 9.38. The van der Waals surface area contributed by atoms with Gasteiger partial charge in [0.1, 0.15) is 11.5 Å². The minimum Gasteiger partial charge on any atom is -0.497 e. The van der Waals surface area contributed by atoms with Crippen molar-refractivity contribution in [3.63, 3.8) is 0 Å². The van der Waals surface area contributed by atoms with Gasteiger partial charge in [0.05, 0.1) is 19.3 Å². The zero-order valence-electron chi connectivity index (χ0n) is 16.1. The average Bonchev–Trinajstić information content (AvgIpc) is 2.72. The summed E-state index contributed by atoms with van der Waals surface area (Å²) in [6.07, 6.45) is 3.68. The third-order valence-electron chi connectivity index (χ3n) is 4.61. The van der Waals surface area contributed by atoms with Crippen LogP contribution in [0.1, 0.15) is 30.9 Å². The maximum absolute atomic E-state index is 12.0. The van der Waals surface area contributed by atoms with Crippen molar-refractivity contribution < 1.29 is 19.4 Å². The smallest absolute Gasteiger partial charge is 0.336 e. The van der Waals surface area contributed by atoms with Crippen LogP contribution in [-0.4, -0.2) is 24.8 Å². The fraction of sp³-hybridized carbons (Fsp3) is 0.208. The Hall–Kier alpha value is -3.27. The molecule has 0 heterocycles. The largest absolute Gasteiger partial charge is 0.497 e. The van der Waals surface area contributed by atoms with Gasteiger partial charge in [-0.2, -0.15) is 0 Å². The lowest BCUT2D eigenvalue weighted by atomic mass is 9.98. The summed E-state index contributed by atoms with van der Waals surface area (Å²) in [4.78, 5) is 12.0. The lowest BCUT2D eigenvalue weighted by molar-refractivity contribution is -0.130. The highest BCUT2D eigenvalue weighted by atomic mass is 16.5. The van der Waals surface area contributed by atoms with E-state index < -0.39 is 5.97 Å². The number of carbonyl (C=O) groups is 1. The van der Waals surface area contributed by atoms with Gasteiger partial charge in [0.25, 0.3) is 0 Å². The number of ether oxygens (including phenoxy) is 2. The Kier molecular flexibility index (Phi) is 6.33. The summed E-state index contributed by atoms with van der Waals surface area (Å²) in [5.41, 5.74) is 1.60. The third kappa shape index (κ3) is 4.34. The molecule has 0 fully saturated rings. The third-order valence-corrected chi connectivity index (χ3v) is 4.61. The molecular formula is C24H24O4. The molecule has 0 atom stereocenters. The van der Waals surface area contributed by atoms with E-state index in [2.05, 4.69) is 6.92 Å². The van der Waals surface area contributed by atoms with E-state index in [-0.39, 0.29) is 5.57 Å². The summed E-state index contributed by atoms with van der Waals surface area (Å²) in [5, 5.41) is 11.9. The van der Waals surface area contributed by atoms with Crippen molar-refractivity contribution in [3.05, 3.63) is 71.8 Å². The molecule has 0 saturated carbocycles. The highest BCUT2D eigenvalue weighted by Gasteiger charge is 2.14. The number of rotatable bonds is 8. The van der Waals surface area contributed by atoms with Crippen LogP contribution in [0.15, 0.2) is 60.7 Å². The van der Waals surface area contributed by atoms with Crippen LogP contribution in [0.4, 0.5) is 0 Å². The molecule has 4 nitrogen and oxygen atoms in total. The number of methoxy groups -OCH3 is 1. The molecular weight excluding hydrogens is 352 g/mol. The molecule has 4 heteroatoms. The van der Waals surface area contributed by atoms with Gasteiger partial charge >= 0.3 is 5.97 Å². The fourth-order valence-electron chi connectivity index (χ4n) is 3.06. The van der Waals surface area contributed by atoms with E-state index in [0.29, 0.717) is 23.7 Å². The summed E-state index contributed by atoms with van der Waals surface area (Å²) in [6.45, 7) is 2.71. The van der Waals surface area contributed by atoms with Gasteiger partial charge in [-0.15, -0.1) is 0 Å². The Morgan fingerprint density at radius 3 is 2.46 bits per heavy atom.